The molecule has 1 heterocycles. The number of hydrogen-bond acceptors (Lipinski definition) is 7. The van der Waals surface area contributed by atoms with Crippen LogP contribution in [0, 0.1) is 11.8 Å². The van der Waals surface area contributed by atoms with Crippen LogP contribution >= 0.6 is 0 Å². The van der Waals surface area contributed by atoms with Crippen LogP contribution in [0.25, 0.3) is 0 Å². The predicted molar refractivity (Wildman–Crippen MR) is 68.7 cm³/mol. The first-order valence-electron chi connectivity index (χ1n) is 6.59. The lowest BCUT2D eigenvalue weighted by Gasteiger charge is -2.22. The van der Waals surface area contributed by atoms with Gasteiger partial charge in [0.25, 0.3) is 0 Å². The van der Waals surface area contributed by atoms with E-state index in [0.717, 1.165) is 0 Å². The van der Waals surface area contributed by atoms with Gasteiger partial charge in [0.15, 0.2) is 0 Å². The lowest BCUT2D eigenvalue weighted by Crippen LogP contribution is -2.43. The van der Waals surface area contributed by atoms with Crippen molar-refractivity contribution < 1.29 is 28.6 Å². The number of rotatable bonds is 5. The Morgan fingerprint density at radius 3 is 2.10 bits per heavy atom. The molecule has 1 fully saturated rings. The zero-order chi connectivity index (χ0) is 15.3. The zero-order valence-electron chi connectivity index (χ0n) is 12.3. The Bertz CT molecular complexity index is 383. The molecule has 20 heavy (non-hydrogen) atoms. The van der Waals surface area contributed by atoms with E-state index < -0.39 is 35.8 Å². The molecule has 1 saturated heterocycles. The third-order valence-electron chi connectivity index (χ3n) is 3.32. The van der Waals surface area contributed by atoms with Gasteiger partial charge in [-0.2, -0.15) is 0 Å². The second-order valence-corrected chi connectivity index (χ2v) is 4.54. The third-order valence-corrected chi connectivity index (χ3v) is 3.32. The molecule has 0 amide bonds. The molecule has 0 radical (unpaired) electrons. The largest absolute Gasteiger partial charge is 0.468 e. The van der Waals surface area contributed by atoms with E-state index in [4.69, 9.17) is 14.2 Å². The minimum atomic E-state index is -0.897. The summed E-state index contributed by atoms with van der Waals surface area (Å²) in [6.07, 6.45) is 0. The second-order valence-electron chi connectivity index (χ2n) is 4.54. The van der Waals surface area contributed by atoms with E-state index >= 15 is 0 Å². The van der Waals surface area contributed by atoms with Crippen LogP contribution < -0.4 is 0 Å². The van der Waals surface area contributed by atoms with E-state index in [1.807, 2.05) is 0 Å². The number of likely N-dealkylation sites (tertiary alicyclic amines) is 1. The molecule has 0 saturated carbocycles. The Kier molecular flexibility index (Phi) is 5.94. The normalized spacial score (nSPS) is 26.1. The lowest BCUT2D eigenvalue weighted by atomic mass is 9.90. The number of methoxy groups -OCH3 is 1. The van der Waals surface area contributed by atoms with E-state index in [1.165, 1.54) is 7.11 Å². The van der Waals surface area contributed by atoms with E-state index in [2.05, 4.69) is 0 Å². The lowest BCUT2D eigenvalue weighted by molar-refractivity contribution is -0.162. The molecule has 1 aliphatic rings. The Labute approximate surface area is 118 Å². The fourth-order valence-corrected chi connectivity index (χ4v) is 2.48. The predicted octanol–water partition coefficient (Wildman–Crippen LogP) is -0.168. The average molecular weight is 287 g/mol. The van der Waals surface area contributed by atoms with Gasteiger partial charge in [-0.05, 0) is 20.9 Å². The summed E-state index contributed by atoms with van der Waals surface area (Å²) in [6.45, 7) is 4.01. The Hall–Kier alpha value is -1.63. The summed E-state index contributed by atoms with van der Waals surface area (Å²) in [5, 5.41) is 0. The fraction of sp³-hybridized carbons (Fsp3) is 0.769. The summed E-state index contributed by atoms with van der Waals surface area (Å²) in [6, 6.07) is -0.826. The van der Waals surface area contributed by atoms with E-state index in [-0.39, 0.29) is 19.8 Å². The van der Waals surface area contributed by atoms with Gasteiger partial charge in [0, 0.05) is 6.54 Å². The van der Waals surface area contributed by atoms with Crippen molar-refractivity contribution in [3.8, 4) is 0 Å². The first kappa shape index (κ1) is 16.4. The SMILES string of the molecule is CCOC(=O)[C@H]1[C@H](C(=O)OCC)CN(C)[C@H]1C(=O)OC. The second kappa shape index (κ2) is 7.23. The number of likely N-dealkylation sites (N-methyl/N-ethyl adjacent to an activating group) is 1. The Morgan fingerprint density at radius 2 is 1.60 bits per heavy atom. The van der Waals surface area contributed by atoms with Crippen LogP contribution in [0.5, 0.6) is 0 Å². The Balaban J connectivity index is 3.03. The van der Waals surface area contributed by atoms with Crippen LogP contribution in [0.3, 0.4) is 0 Å². The van der Waals surface area contributed by atoms with E-state index in [0.29, 0.717) is 0 Å². The van der Waals surface area contributed by atoms with Crippen molar-refractivity contribution in [2.75, 3.05) is 33.9 Å². The highest BCUT2D eigenvalue weighted by Crippen LogP contribution is 2.31. The maximum atomic E-state index is 12.1. The Morgan fingerprint density at radius 1 is 1.05 bits per heavy atom. The van der Waals surface area contributed by atoms with E-state index in [1.54, 1.807) is 25.8 Å². The van der Waals surface area contributed by atoms with Crippen molar-refractivity contribution in [1.82, 2.24) is 4.90 Å². The molecular formula is C13H21NO6. The molecule has 1 aliphatic heterocycles. The molecule has 7 nitrogen and oxygen atoms in total. The topological polar surface area (TPSA) is 82.1 Å². The molecule has 1 rings (SSSR count). The van der Waals surface area contributed by atoms with Gasteiger partial charge >= 0.3 is 17.9 Å². The number of carbonyl (C=O) groups excluding carboxylic acids is 3. The zero-order valence-corrected chi connectivity index (χ0v) is 12.3. The summed E-state index contributed by atoms with van der Waals surface area (Å²) in [5.74, 6) is -3.25. The first-order valence-corrected chi connectivity index (χ1v) is 6.59. The van der Waals surface area contributed by atoms with Crippen LogP contribution in [0.2, 0.25) is 0 Å². The van der Waals surface area contributed by atoms with Gasteiger partial charge in [-0.25, -0.2) is 0 Å². The highest BCUT2D eigenvalue weighted by molar-refractivity contribution is 5.90. The van der Waals surface area contributed by atoms with Crippen molar-refractivity contribution >= 4 is 17.9 Å². The summed E-state index contributed by atoms with van der Waals surface area (Å²) in [5.41, 5.74) is 0. The number of ether oxygens (including phenoxy) is 3. The molecule has 0 aromatic carbocycles. The molecule has 0 aromatic heterocycles. The van der Waals surface area contributed by atoms with Gasteiger partial charge in [0.05, 0.1) is 32.2 Å². The molecule has 114 valence electrons. The van der Waals surface area contributed by atoms with Gasteiger partial charge in [-0.1, -0.05) is 0 Å². The number of nitrogens with zero attached hydrogens (tertiary/aromatic N) is 1. The number of hydrogen-bond donors (Lipinski definition) is 0. The average Bonchev–Trinajstić information content (AvgIpc) is 2.76. The number of esters is 3. The van der Waals surface area contributed by atoms with Crippen LogP contribution in [0.4, 0.5) is 0 Å². The summed E-state index contributed by atoms with van der Waals surface area (Å²) < 4.78 is 14.7. The first-order chi connectivity index (χ1) is 9.47. The number of carbonyl (C=O) groups is 3. The van der Waals surface area contributed by atoms with Gasteiger partial charge in [0.1, 0.15) is 6.04 Å². The smallest absolute Gasteiger partial charge is 0.324 e. The summed E-state index contributed by atoms with van der Waals surface area (Å²) in [7, 11) is 2.91. The van der Waals surface area contributed by atoms with Crippen LogP contribution in [-0.2, 0) is 28.6 Å². The van der Waals surface area contributed by atoms with Crippen molar-refractivity contribution in [3.05, 3.63) is 0 Å². The maximum absolute atomic E-state index is 12.1. The maximum Gasteiger partial charge on any atom is 0.324 e. The van der Waals surface area contributed by atoms with Gasteiger partial charge in [0.2, 0.25) is 0 Å². The van der Waals surface area contributed by atoms with Crippen LogP contribution in [0.15, 0.2) is 0 Å². The van der Waals surface area contributed by atoms with Crippen molar-refractivity contribution in [2.24, 2.45) is 11.8 Å². The van der Waals surface area contributed by atoms with Gasteiger partial charge < -0.3 is 14.2 Å². The molecule has 0 spiro atoms. The minimum Gasteiger partial charge on any atom is -0.468 e. The monoisotopic (exact) mass is 287 g/mol. The molecule has 3 atom stereocenters. The van der Waals surface area contributed by atoms with Crippen LogP contribution in [-0.4, -0.2) is 62.8 Å². The van der Waals surface area contributed by atoms with E-state index in [9.17, 15) is 14.4 Å². The van der Waals surface area contributed by atoms with Crippen LogP contribution in [0.1, 0.15) is 13.8 Å². The van der Waals surface area contributed by atoms with Crippen molar-refractivity contribution in [2.45, 2.75) is 19.9 Å². The summed E-state index contributed by atoms with van der Waals surface area (Å²) >= 11 is 0. The standard InChI is InChI=1S/C13H21NO6/c1-5-19-11(15)8-7-14(3)10(13(17)18-4)9(8)12(16)20-6-2/h8-10H,5-7H2,1-4H3/t8-,9+,10-/m1/s1. The van der Waals surface area contributed by atoms with Gasteiger partial charge in [-0.15, -0.1) is 0 Å². The third kappa shape index (κ3) is 3.27. The molecule has 7 heteroatoms. The highest BCUT2D eigenvalue weighted by atomic mass is 16.5. The minimum absolute atomic E-state index is 0.183. The van der Waals surface area contributed by atoms with Crippen molar-refractivity contribution in [1.29, 1.82) is 0 Å². The van der Waals surface area contributed by atoms with Gasteiger partial charge in [-0.3, -0.25) is 19.3 Å². The van der Waals surface area contributed by atoms with Crippen molar-refractivity contribution in [3.63, 3.8) is 0 Å². The molecule has 0 N–H and O–H groups in total. The molecular weight excluding hydrogens is 266 g/mol. The molecule has 0 unspecified atom stereocenters. The highest BCUT2D eigenvalue weighted by Gasteiger charge is 2.52. The fourth-order valence-electron chi connectivity index (χ4n) is 2.48. The quantitative estimate of drug-likeness (QED) is 0.513. The molecule has 0 bridgehead atoms. The molecule has 0 aliphatic carbocycles. The molecule has 0 aromatic rings. The summed E-state index contributed by atoms with van der Waals surface area (Å²) in [4.78, 5) is 37.5.